The Morgan fingerprint density at radius 3 is 3.00 bits per heavy atom. The lowest BCUT2D eigenvalue weighted by Gasteiger charge is -2.11. The highest BCUT2D eigenvalue weighted by Crippen LogP contribution is 2.26. The number of hydrogen-bond donors (Lipinski definition) is 1. The number of nitrogens with one attached hydrogen (secondary N) is 1. The summed E-state index contributed by atoms with van der Waals surface area (Å²) in [6, 6.07) is 5.59. The van der Waals surface area contributed by atoms with Gasteiger partial charge in [-0.3, -0.25) is 0 Å². The van der Waals surface area contributed by atoms with Crippen LogP contribution in [0.5, 0.6) is 5.75 Å². The highest BCUT2D eigenvalue weighted by atomic mass is 35.5. The largest absolute Gasteiger partial charge is 0.481 e. The van der Waals surface area contributed by atoms with Crippen molar-refractivity contribution >= 4 is 11.6 Å². The number of terminal acetylenes is 1. The maximum absolute atomic E-state index is 6.12. The Kier molecular flexibility index (Phi) is 5.77. The van der Waals surface area contributed by atoms with Gasteiger partial charge in [0.05, 0.1) is 0 Å². The van der Waals surface area contributed by atoms with Crippen LogP contribution in [0.3, 0.4) is 0 Å². The van der Waals surface area contributed by atoms with Gasteiger partial charge >= 0.3 is 0 Å². The summed E-state index contributed by atoms with van der Waals surface area (Å²) in [7, 11) is 0. The second-order valence-corrected chi connectivity index (χ2v) is 3.79. The Bertz CT molecular complexity index is 371. The molecule has 0 heterocycles. The van der Waals surface area contributed by atoms with Crippen LogP contribution in [-0.2, 0) is 6.54 Å². The van der Waals surface area contributed by atoms with Crippen molar-refractivity contribution in [3.05, 3.63) is 28.8 Å². The number of hydrogen-bond acceptors (Lipinski definition) is 2. The van der Waals surface area contributed by atoms with Crippen LogP contribution >= 0.6 is 11.6 Å². The molecule has 0 saturated carbocycles. The van der Waals surface area contributed by atoms with Crippen molar-refractivity contribution in [1.82, 2.24) is 5.32 Å². The van der Waals surface area contributed by atoms with Gasteiger partial charge in [-0.15, -0.1) is 6.42 Å². The fourth-order valence-corrected chi connectivity index (χ4v) is 1.59. The molecule has 16 heavy (non-hydrogen) atoms. The first kappa shape index (κ1) is 12.9. The summed E-state index contributed by atoms with van der Waals surface area (Å²) in [6.07, 6.45) is 6.25. The van der Waals surface area contributed by atoms with E-state index in [0.717, 1.165) is 24.3 Å². The number of benzene rings is 1. The molecule has 0 unspecified atom stereocenters. The molecule has 0 amide bonds. The number of ether oxygens (including phenoxy) is 1. The van der Waals surface area contributed by atoms with E-state index in [9.17, 15) is 0 Å². The summed E-state index contributed by atoms with van der Waals surface area (Å²) < 4.78 is 5.44. The lowest BCUT2D eigenvalue weighted by Crippen LogP contribution is -2.15. The van der Waals surface area contributed by atoms with Crippen molar-refractivity contribution in [3.63, 3.8) is 0 Å². The minimum Gasteiger partial charge on any atom is -0.481 e. The quantitative estimate of drug-likeness (QED) is 0.607. The molecule has 86 valence electrons. The monoisotopic (exact) mass is 237 g/mol. The van der Waals surface area contributed by atoms with E-state index < -0.39 is 0 Å². The Hall–Kier alpha value is -1.17. The highest BCUT2D eigenvalue weighted by Gasteiger charge is 2.07. The van der Waals surface area contributed by atoms with Gasteiger partial charge in [-0.2, -0.15) is 0 Å². The van der Waals surface area contributed by atoms with Gasteiger partial charge in [-0.25, -0.2) is 0 Å². The van der Waals surface area contributed by atoms with Crippen LogP contribution in [0.15, 0.2) is 18.2 Å². The molecule has 2 nitrogen and oxygen atoms in total. The third kappa shape index (κ3) is 3.77. The molecule has 0 atom stereocenters. The SMILES string of the molecule is C#CCOc1cccc(Cl)c1CNCCC. The van der Waals surface area contributed by atoms with Gasteiger partial charge in [-0.1, -0.05) is 30.5 Å². The van der Waals surface area contributed by atoms with Crippen LogP contribution < -0.4 is 10.1 Å². The summed E-state index contributed by atoms with van der Waals surface area (Å²) >= 11 is 6.12. The average Bonchev–Trinajstić information content (AvgIpc) is 2.29. The van der Waals surface area contributed by atoms with E-state index >= 15 is 0 Å². The van der Waals surface area contributed by atoms with E-state index in [2.05, 4.69) is 18.2 Å². The summed E-state index contributed by atoms with van der Waals surface area (Å²) in [5, 5.41) is 4.00. The molecule has 0 saturated heterocycles. The third-order valence-corrected chi connectivity index (χ3v) is 2.47. The van der Waals surface area contributed by atoms with Gasteiger partial charge in [0.1, 0.15) is 12.4 Å². The second kappa shape index (κ2) is 7.16. The van der Waals surface area contributed by atoms with Crippen molar-refractivity contribution in [3.8, 4) is 18.1 Å². The zero-order valence-corrected chi connectivity index (χ0v) is 10.2. The van der Waals surface area contributed by atoms with E-state index in [1.807, 2.05) is 18.2 Å². The molecule has 0 aromatic heterocycles. The van der Waals surface area contributed by atoms with Gasteiger partial charge in [-0.05, 0) is 25.1 Å². The van der Waals surface area contributed by atoms with Crippen molar-refractivity contribution < 1.29 is 4.74 Å². The summed E-state index contributed by atoms with van der Waals surface area (Å²) in [5.74, 6) is 3.20. The molecule has 1 N–H and O–H groups in total. The smallest absolute Gasteiger partial charge is 0.148 e. The summed E-state index contributed by atoms with van der Waals surface area (Å²) in [5.41, 5.74) is 0.966. The molecule has 0 spiro atoms. The molecule has 3 heteroatoms. The summed E-state index contributed by atoms with van der Waals surface area (Å²) in [4.78, 5) is 0. The third-order valence-electron chi connectivity index (χ3n) is 2.12. The first-order chi connectivity index (χ1) is 7.79. The van der Waals surface area contributed by atoms with Crippen molar-refractivity contribution in [2.24, 2.45) is 0 Å². The van der Waals surface area contributed by atoms with Gasteiger partial charge in [0.25, 0.3) is 0 Å². The second-order valence-electron chi connectivity index (χ2n) is 3.39. The maximum atomic E-state index is 6.12. The van der Waals surface area contributed by atoms with E-state index in [1.165, 1.54) is 0 Å². The first-order valence-electron chi connectivity index (χ1n) is 5.34. The minimum atomic E-state index is 0.265. The van der Waals surface area contributed by atoms with Crippen molar-refractivity contribution in [2.45, 2.75) is 19.9 Å². The molecule has 0 radical (unpaired) electrons. The molecule has 1 aromatic carbocycles. The predicted octanol–water partition coefficient (Wildman–Crippen LogP) is 2.85. The van der Waals surface area contributed by atoms with Gasteiger partial charge in [0.2, 0.25) is 0 Å². The fourth-order valence-electron chi connectivity index (χ4n) is 1.36. The lowest BCUT2D eigenvalue weighted by atomic mass is 10.2. The normalized spacial score (nSPS) is 9.81. The highest BCUT2D eigenvalue weighted by molar-refractivity contribution is 6.31. The first-order valence-corrected chi connectivity index (χ1v) is 5.71. The molecule has 1 aromatic rings. The molecule has 0 aliphatic heterocycles. The van der Waals surface area contributed by atoms with E-state index in [4.69, 9.17) is 22.8 Å². The van der Waals surface area contributed by atoms with Crippen molar-refractivity contribution in [2.75, 3.05) is 13.2 Å². The molecule has 1 rings (SSSR count). The van der Waals surface area contributed by atoms with E-state index in [1.54, 1.807) is 0 Å². The van der Waals surface area contributed by atoms with Crippen LogP contribution in [0.1, 0.15) is 18.9 Å². The van der Waals surface area contributed by atoms with Crippen LogP contribution in [-0.4, -0.2) is 13.2 Å². The molecule has 0 fully saturated rings. The van der Waals surface area contributed by atoms with Gasteiger partial charge in [0, 0.05) is 17.1 Å². The predicted molar refractivity (Wildman–Crippen MR) is 67.8 cm³/mol. The summed E-state index contributed by atoms with van der Waals surface area (Å²) in [6.45, 7) is 4.05. The standard InChI is InChI=1S/C13H16ClNO/c1-3-8-15-10-11-12(14)6-5-7-13(11)16-9-4-2/h2,5-7,15H,3,8-10H2,1H3. The zero-order chi connectivity index (χ0) is 11.8. The molecular weight excluding hydrogens is 222 g/mol. The Morgan fingerprint density at radius 2 is 2.31 bits per heavy atom. The van der Waals surface area contributed by atoms with Gasteiger partial charge < -0.3 is 10.1 Å². The molecule has 0 aliphatic rings. The average molecular weight is 238 g/mol. The maximum Gasteiger partial charge on any atom is 0.148 e. The zero-order valence-electron chi connectivity index (χ0n) is 9.42. The van der Waals surface area contributed by atoms with E-state index in [0.29, 0.717) is 11.6 Å². The van der Waals surface area contributed by atoms with Crippen LogP contribution in [0.4, 0.5) is 0 Å². The van der Waals surface area contributed by atoms with Gasteiger partial charge in [0.15, 0.2) is 0 Å². The Balaban J connectivity index is 2.74. The number of halogens is 1. The minimum absolute atomic E-state index is 0.265. The fraction of sp³-hybridized carbons (Fsp3) is 0.385. The lowest BCUT2D eigenvalue weighted by molar-refractivity contribution is 0.365. The van der Waals surface area contributed by atoms with Crippen LogP contribution in [0.2, 0.25) is 5.02 Å². The number of rotatable bonds is 6. The Labute approximate surface area is 102 Å². The molecular formula is C13H16ClNO. The Morgan fingerprint density at radius 1 is 1.50 bits per heavy atom. The topological polar surface area (TPSA) is 21.3 Å². The van der Waals surface area contributed by atoms with Crippen molar-refractivity contribution in [1.29, 1.82) is 0 Å². The van der Waals surface area contributed by atoms with Crippen LogP contribution in [0, 0.1) is 12.3 Å². The molecule has 0 bridgehead atoms. The van der Waals surface area contributed by atoms with Crippen LogP contribution in [0.25, 0.3) is 0 Å². The van der Waals surface area contributed by atoms with E-state index in [-0.39, 0.29) is 6.61 Å². The molecule has 0 aliphatic carbocycles.